The fourth-order valence-corrected chi connectivity index (χ4v) is 2.16. The molecule has 17 heavy (non-hydrogen) atoms. The third-order valence-electron chi connectivity index (χ3n) is 2.95. The Kier molecular flexibility index (Phi) is 4.15. The smallest absolute Gasteiger partial charge is 0.256 e. The van der Waals surface area contributed by atoms with E-state index in [0.29, 0.717) is 5.02 Å². The molecule has 0 aromatic heterocycles. The molecule has 0 saturated carbocycles. The molecule has 0 saturated heterocycles. The second-order valence-corrected chi connectivity index (χ2v) is 5.81. The van der Waals surface area contributed by atoms with Crippen LogP contribution in [0.1, 0.15) is 32.8 Å². The van der Waals surface area contributed by atoms with Crippen LogP contribution in [0, 0.1) is 0 Å². The van der Waals surface area contributed by atoms with E-state index in [1.54, 1.807) is 12.1 Å². The van der Waals surface area contributed by atoms with E-state index in [2.05, 4.69) is 0 Å². The second-order valence-electron chi connectivity index (χ2n) is 5.37. The van der Waals surface area contributed by atoms with Gasteiger partial charge in [0.15, 0.2) is 0 Å². The Hall–Kier alpha value is -0.670. The summed E-state index contributed by atoms with van der Waals surface area (Å²) < 4.78 is 25.6. The molecule has 1 aromatic carbocycles. The van der Waals surface area contributed by atoms with Crippen molar-refractivity contribution in [2.75, 3.05) is 0 Å². The molecule has 1 atom stereocenters. The first-order valence-electron chi connectivity index (χ1n) is 5.48. The van der Waals surface area contributed by atoms with Gasteiger partial charge in [-0.15, -0.1) is 0 Å². The molecule has 4 heteroatoms. The van der Waals surface area contributed by atoms with E-state index >= 15 is 0 Å². The normalized spacial score (nSPS) is 16.0. The van der Waals surface area contributed by atoms with E-state index in [4.69, 9.17) is 17.3 Å². The lowest BCUT2D eigenvalue weighted by molar-refractivity contribution is 0.0475. The van der Waals surface area contributed by atoms with Crippen molar-refractivity contribution in [3.05, 3.63) is 34.9 Å². The molecule has 1 aromatic rings. The van der Waals surface area contributed by atoms with E-state index in [1.807, 2.05) is 26.0 Å². The molecule has 0 bridgehead atoms. The van der Waals surface area contributed by atoms with E-state index in [0.717, 1.165) is 5.56 Å². The second kappa shape index (κ2) is 4.91. The van der Waals surface area contributed by atoms with E-state index < -0.39 is 17.4 Å². The first-order chi connectivity index (χ1) is 7.65. The molecule has 0 radical (unpaired) electrons. The number of rotatable bonds is 4. The van der Waals surface area contributed by atoms with Crippen molar-refractivity contribution < 1.29 is 8.78 Å². The van der Waals surface area contributed by atoms with Crippen molar-refractivity contribution in [1.29, 1.82) is 0 Å². The lowest BCUT2D eigenvalue weighted by atomic mass is 9.75. The van der Waals surface area contributed by atoms with Crippen LogP contribution in [-0.2, 0) is 5.41 Å². The minimum absolute atomic E-state index is 0.208. The zero-order valence-corrected chi connectivity index (χ0v) is 11.1. The highest BCUT2D eigenvalue weighted by Crippen LogP contribution is 2.34. The maximum Gasteiger partial charge on any atom is 0.256 e. The van der Waals surface area contributed by atoms with Gasteiger partial charge in [0.1, 0.15) is 0 Å². The SMILES string of the molecule is CC(C)(CC(C)(N)C(F)F)c1ccc(Cl)cc1. The summed E-state index contributed by atoms with van der Waals surface area (Å²) in [6, 6.07) is 7.22. The molecule has 0 heterocycles. The van der Waals surface area contributed by atoms with Crippen LogP contribution in [0.3, 0.4) is 0 Å². The van der Waals surface area contributed by atoms with E-state index in [1.165, 1.54) is 6.92 Å². The molecule has 1 nitrogen and oxygen atoms in total. The molecule has 0 aliphatic carbocycles. The Morgan fingerprint density at radius 2 is 1.65 bits per heavy atom. The highest BCUT2D eigenvalue weighted by Gasteiger charge is 2.37. The fourth-order valence-electron chi connectivity index (χ4n) is 2.03. The van der Waals surface area contributed by atoms with Crippen LogP contribution in [-0.4, -0.2) is 12.0 Å². The van der Waals surface area contributed by atoms with Gasteiger partial charge in [-0.3, -0.25) is 0 Å². The summed E-state index contributed by atoms with van der Waals surface area (Å²) >= 11 is 5.80. The Morgan fingerprint density at radius 1 is 1.18 bits per heavy atom. The topological polar surface area (TPSA) is 26.0 Å². The van der Waals surface area contributed by atoms with Gasteiger partial charge in [-0.1, -0.05) is 37.6 Å². The molecule has 0 aliphatic heterocycles. The fraction of sp³-hybridized carbons (Fsp3) is 0.538. The third-order valence-corrected chi connectivity index (χ3v) is 3.20. The number of benzene rings is 1. The van der Waals surface area contributed by atoms with E-state index in [-0.39, 0.29) is 6.42 Å². The summed E-state index contributed by atoms with van der Waals surface area (Å²) in [5, 5.41) is 0.633. The minimum Gasteiger partial charge on any atom is -0.321 e. The van der Waals surface area contributed by atoms with Crippen LogP contribution >= 0.6 is 11.6 Å². The number of alkyl halides is 2. The summed E-state index contributed by atoms with van der Waals surface area (Å²) in [7, 11) is 0. The van der Waals surface area contributed by atoms with Crippen LogP contribution in [0.4, 0.5) is 8.78 Å². The zero-order chi connectivity index (χ0) is 13.3. The van der Waals surface area contributed by atoms with Crippen molar-refractivity contribution in [3.8, 4) is 0 Å². The molecular formula is C13H18ClF2N. The number of nitrogens with two attached hydrogens (primary N) is 1. The molecule has 1 rings (SSSR count). The maximum absolute atomic E-state index is 12.8. The zero-order valence-electron chi connectivity index (χ0n) is 10.3. The first-order valence-corrected chi connectivity index (χ1v) is 5.86. The molecule has 96 valence electrons. The number of hydrogen-bond acceptors (Lipinski definition) is 1. The molecule has 2 N–H and O–H groups in total. The summed E-state index contributed by atoms with van der Waals surface area (Å²) in [6.07, 6.45) is -2.33. The van der Waals surface area contributed by atoms with Gasteiger partial charge in [-0.2, -0.15) is 0 Å². The van der Waals surface area contributed by atoms with Gasteiger partial charge in [0.2, 0.25) is 0 Å². The van der Waals surface area contributed by atoms with Gasteiger partial charge in [0.05, 0.1) is 5.54 Å². The highest BCUT2D eigenvalue weighted by atomic mass is 35.5. The lowest BCUT2D eigenvalue weighted by Gasteiger charge is -2.34. The monoisotopic (exact) mass is 261 g/mol. The average Bonchev–Trinajstić information content (AvgIpc) is 2.16. The maximum atomic E-state index is 12.8. The quantitative estimate of drug-likeness (QED) is 0.871. The standard InChI is InChI=1S/C13H18ClF2N/c1-12(2,8-13(3,17)11(15)16)9-4-6-10(14)7-5-9/h4-7,11H,8,17H2,1-3H3. The Labute approximate surface area is 106 Å². The van der Waals surface area contributed by atoms with Crippen LogP contribution in [0.2, 0.25) is 5.02 Å². The van der Waals surface area contributed by atoms with Crippen LogP contribution in [0.5, 0.6) is 0 Å². The molecular weight excluding hydrogens is 244 g/mol. The number of hydrogen-bond donors (Lipinski definition) is 1. The van der Waals surface area contributed by atoms with Crippen molar-refractivity contribution in [3.63, 3.8) is 0 Å². The van der Waals surface area contributed by atoms with Gasteiger partial charge >= 0.3 is 0 Å². The molecule has 0 fully saturated rings. The van der Waals surface area contributed by atoms with Gasteiger partial charge in [0.25, 0.3) is 6.43 Å². The Bertz CT molecular complexity index is 372. The predicted molar refractivity (Wildman–Crippen MR) is 67.7 cm³/mol. The summed E-state index contributed by atoms with van der Waals surface area (Å²) in [5.41, 5.74) is 4.70. The van der Waals surface area contributed by atoms with Gasteiger partial charge in [0, 0.05) is 5.02 Å². The van der Waals surface area contributed by atoms with Gasteiger partial charge < -0.3 is 5.73 Å². The highest BCUT2D eigenvalue weighted by molar-refractivity contribution is 6.30. The van der Waals surface area contributed by atoms with Crippen LogP contribution < -0.4 is 5.73 Å². The third kappa shape index (κ3) is 3.65. The summed E-state index contributed by atoms with van der Waals surface area (Å²) in [4.78, 5) is 0. The summed E-state index contributed by atoms with van der Waals surface area (Å²) in [6.45, 7) is 5.20. The average molecular weight is 262 g/mol. The lowest BCUT2D eigenvalue weighted by Crippen LogP contribution is -2.48. The molecule has 0 spiro atoms. The Balaban J connectivity index is 2.92. The predicted octanol–water partition coefficient (Wildman–Crippen LogP) is 3.99. The van der Waals surface area contributed by atoms with Crippen molar-refractivity contribution >= 4 is 11.6 Å². The number of halogens is 3. The Morgan fingerprint density at radius 3 is 2.06 bits per heavy atom. The molecule has 0 amide bonds. The first kappa shape index (κ1) is 14.4. The molecule has 1 unspecified atom stereocenters. The van der Waals surface area contributed by atoms with E-state index in [9.17, 15) is 8.78 Å². The van der Waals surface area contributed by atoms with Crippen molar-refractivity contribution in [1.82, 2.24) is 0 Å². The van der Waals surface area contributed by atoms with Crippen LogP contribution in [0.25, 0.3) is 0 Å². The summed E-state index contributed by atoms with van der Waals surface area (Å²) in [5.74, 6) is 0. The largest absolute Gasteiger partial charge is 0.321 e. The van der Waals surface area contributed by atoms with Gasteiger partial charge in [-0.25, -0.2) is 8.78 Å². The van der Waals surface area contributed by atoms with Crippen molar-refractivity contribution in [2.24, 2.45) is 5.73 Å². The molecule has 0 aliphatic rings. The van der Waals surface area contributed by atoms with Gasteiger partial charge in [-0.05, 0) is 36.5 Å². The van der Waals surface area contributed by atoms with Crippen LogP contribution in [0.15, 0.2) is 24.3 Å². The van der Waals surface area contributed by atoms with Crippen molar-refractivity contribution in [2.45, 2.75) is 44.6 Å². The minimum atomic E-state index is -2.53.